The van der Waals surface area contributed by atoms with Crippen LogP contribution >= 0.6 is 0 Å². The first-order chi connectivity index (χ1) is 14.1. The summed E-state index contributed by atoms with van der Waals surface area (Å²) in [6, 6.07) is 10.7. The zero-order valence-corrected chi connectivity index (χ0v) is 16.3. The molecular weight excluding hydrogens is 370 g/mol. The molecule has 6 heteroatoms. The average Bonchev–Trinajstić information content (AvgIpc) is 3.19. The first kappa shape index (κ1) is 18.1. The van der Waals surface area contributed by atoms with Gasteiger partial charge in [0.25, 0.3) is 0 Å². The largest absolute Gasteiger partial charge is 0.507 e. The van der Waals surface area contributed by atoms with Gasteiger partial charge in [0, 0.05) is 11.9 Å². The highest BCUT2D eigenvalue weighted by Crippen LogP contribution is 2.36. The molecule has 150 valence electrons. The van der Waals surface area contributed by atoms with Crippen LogP contribution in [0.25, 0.3) is 22.1 Å². The lowest BCUT2D eigenvalue weighted by Gasteiger charge is -2.30. The molecule has 0 saturated carbocycles. The summed E-state index contributed by atoms with van der Waals surface area (Å²) < 4.78 is 16.5. The molecule has 2 aliphatic rings. The number of benzene rings is 2. The Morgan fingerprint density at radius 2 is 1.86 bits per heavy atom. The molecule has 1 fully saturated rings. The molecule has 1 saturated heterocycles. The maximum atomic E-state index is 12.8. The average molecular weight is 393 g/mol. The van der Waals surface area contributed by atoms with Gasteiger partial charge in [-0.15, -0.1) is 0 Å². The van der Waals surface area contributed by atoms with Crippen LogP contribution in [-0.2, 0) is 6.54 Å². The van der Waals surface area contributed by atoms with Crippen molar-refractivity contribution >= 4 is 11.0 Å². The lowest BCUT2D eigenvalue weighted by Crippen LogP contribution is -2.32. The number of nitrogens with zero attached hydrogens (tertiary/aromatic N) is 1. The van der Waals surface area contributed by atoms with E-state index in [1.54, 1.807) is 24.3 Å². The van der Waals surface area contributed by atoms with E-state index in [1.165, 1.54) is 0 Å². The fraction of sp³-hybridized carbons (Fsp3) is 0.348. The van der Waals surface area contributed by atoms with Crippen molar-refractivity contribution in [2.24, 2.45) is 5.92 Å². The van der Waals surface area contributed by atoms with E-state index in [1.807, 2.05) is 12.1 Å². The Morgan fingerprint density at radius 1 is 1.07 bits per heavy atom. The molecule has 2 aliphatic heterocycles. The van der Waals surface area contributed by atoms with E-state index >= 15 is 0 Å². The zero-order valence-electron chi connectivity index (χ0n) is 16.3. The second kappa shape index (κ2) is 7.12. The van der Waals surface area contributed by atoms with E-state index < -0.39 is 5.63 Å². The van der Waals surface area contributed by atoms with Gasteiger partial charge in [-0.25, -0.2) is 4.79 Å². The van der Waals surface area contributed by atoms with Gasteiger partial charge in [0.2, 0.25) is 6.79 Å². The molecule has 1 aromatic heterocycles. The van der Waals surface area contributed by atoms with E-state index in [-0.39, 0.29) is 12.5 Å². The van der Waals surface area contributed by atoms with Gasteiger partial charge in [0.15, 0.2) is 11.5 Å². The van der Waals surface area contributed by atoms with E-state index in [9.17, 15) is 9.90 Å². The Labute approximate surface area is 168 Å². The number of hydrogen-bond acceptors (Lipinski definition) is 6. The number of phenols is 1. The van der Waals surface area contributed by atoms with Crippen LogP contribution in [0.15, 0.2) is 45.6 Å². The van der Waals surface area contributed by atoms with Crippen LogP contribution in [0.2, 0.25) is 0 Å². The topological polar surface area (TPSA) is 72.1 Å². The lowest BCUT2D eigenvalue weighted by atomic mass is 9.98. The van der Waals surface area contributed by atoms with Gasteiger partial charge in [-0.1, -0.05) is 13.0 Å². The highest BCUT2D eigenvalue weighted by molar-refractivity contribution is 5.86. The molecule has 5 rings (SSSR count). The second-order valence-corrected chi connectivity index (χ2v) is 7.96. The number of likely N-dealkylation sites (tertiary alicyclic amines) is 1. The molecule has 0 unspecified atom stereocenters. The summed E-state index contributed by atoms with van der Waals surface area (Å²) in [5.74, 6) is 2.18. The Hall–Kier alpha value is -2.99. The molecule has 29 heavy (non-hydrogen) atoms. The number of rotatable bonds is 3. The van der Waals surface area contributed by atoms with Crippen molar-refractivity contribution in [3.63, 3.8) is 0 Å². The molecule has 3 heterocycles. The number of piperidine rings is 1. The van der Waals surface area contributed by atoms with Crippen LogP contribution in [0, 0.1) is 5.92 Å². The summed E-state index contributed by atoms with van der Waals surface area (Å²) in [7, 11) is 0. The smallest absolute Gasteiger partial charge is 0.344 e. The minimum Gasteiger partial charge on any atom is -0.507 e. The molecule has 0 aliphatic carbocycles. The quantitative estimate of drug-likeness (QED) is 0.675. The zero-order chi connectivity index (χ0) is 20.0. The van der Waals surface area contributed by atoms with Gasteiger partial charge in [-0.2, -0.15) is 0 Å². The molecule has 6 nitrogen and oxygen atoms in total. The van der Waals surface area contributed by atoms with Crippen molar-refractivity contribution in [3.8, 4) is 28.4 Å². The summed E-state index contributed by atoms with van der Waals surface area (Å²) in [4.78, 5) is 15.1. The van der Waals surface area contributed by atoms with Crippen molar-refractivity contribution in [2.75, 3.05) is 19.9 Å². The fourth-order valence-electron chi connectivity index (χ4n) is 4.09. The Kier molecular flexibility index (Phi) is 4.43. The van der Waals surface area contributed by atoms with E-state index in [0.717, 1.165) is 37.2 Å². The van der Waals surface area contributed by atoms with Crippen molar-refractivity contribution in [2.45, 2.75) is 26.3 Å². The van der Waals surface area contributed by atoms with Gasteiger partial charge in [-0.3, -0.25) is 4.90 Å². The number of ether oxygens (including phenoxy) is 2. The number of hydrogen-bond donors (Lipinski definition) is 1. The SMILES string of the molecule is CC1CCN(Cc2c(O)ccc3cc(-c4ccc5c(c4)OCO5)c(=O)oc23)CC1. The predicted octanol–water partition coefficient (Wildman–Crippen LogP) is 4.13. The predicted molar refractivity (Wildman–Crippen MR) is 109 cm³/mol. The minimum absolute atomic E-state index is 0.162. The normalized spacial score (nSPS) is 17.1. The monoisotopic (exact) mass is 393 g/mol. The van der Waals surface area contributed by atoms with Crippen molar-refractivity contribution in [3.05, 3.63) is 52.4 Å². The van der Waals surface area contributed by atoms with Gasteiger partial charge >= 0.3 is 5.63 Å². The molecule has 2 aromatic carbocycles. The third-order valence-electron chi connectivity index (χ3n) is 5.92. The van der Waals surface area contributed by atoms with Gasteiger partial charge in [0.1, 0.15) is 11.3 Å². The van der Waals surface area contributed by atoms with Crippen LogP contribution < -0.4 is 15.1 Å². The Bertz CT molecular complexity index is 1130. The molecule has 0 bridgehead atoms. The number of phenolic OH excluding ortho intramolecular Hbond substituents is 1. The van der Waals surface area contributed by atoms with Gasteiger partial charge in [0.05, 0.1) is 11.1 Å². The molecule has 0 spiro atoms. The molecule has 1 N–H and O–H groups in total. The maximum absolute atomic E-state index is 12.8. The van der Waals surface area contributed by atoms with Crippen LogP contribution in [0.1, 0.15) is 25.3 Å². The summed E-state index contributed by atoms with van der Waals surface area (Å²) in [6.45, 7) is 4.99. The first-order valence-corrected chi connectivity index (χ1v) is 9.99. The van der Waals surface area contributed by atoms with E-state index in [2.05, 4.69) is 11.8 Å². The van der Waals surface area contributed by atoms with E-state index in [0.29, 0.717) is 40.3 Å². The van der Waals surface area contributed by atoms with Crippen LogP contribution in [0.5, 0.6) is 17.2 Å². The van der Waals surface area contributed by atoms with Crippen molar-refractivity contribution < 1.29 is 19.0 Å². The molecule has 3 aromatic rings. The third-order valence-corrected chi connectivity index (χ3v) is 5.92. The first-order valence-electron chi connectivity index (χ1n) is 9.99. The fourth-order valence-corrected chi connectivity index (χ4v) is 4.09. The third kappa shape index (κ3) is 3.34. The van der Waals surface area contributed by atoms with Crippen LogP contribution in [0.3, 0.4) is 0 Å². The summed E-state index contributed by atoms with van der Waals surface area (Å²) in [5.41, 5.74) is 1.86. The second-order valence-electron chi connectivity index (χ2n) is 7.96. The van der Waals surface area contributed by atoms with Gasteiger partial charge < -0.3 is 19.0 Å². The summed E-state index contributed by atoms with van der Waals surface area (Å²) in [5, 5.41) is 11.2. The van der Waals surface area contributed by atoms with E-state index in [4.69, 9.17) is 13.9 Å². The number of aromatic hydroxyl groups is 1. The van der Waals surface area contributed by atoms with Crippen LogP contribution in [0.4, 0.5) is 0 Å². The molecule has 0 amide bonds. The highest BCUT2D eigenvalue weighted by atomic mass is 16.7. The summed E-state index contributed by atoms with van der Waals surface area (Å²) in [6.07, 6.45) is 2.29. The van der Waals surface area contributed by atoms with Crippen molar-refractivity contribution in [1.29, 1.82) is 0 Å². The van der Waals surface area contributed by atoms with Gasteiger partial charge in [-0.05, 0) is 67.7 Å². The Morgan fingerprint density at radius 3 is 2.69 bits per heavy atom. The number of fused-ring (bicyclic) bond motifs is 2. The molecular formula is C23H23NO5. The Balaban J connectivity index is 1.54. The standard InChI is InChI=1S/C23H23NO5/c1-14-6-8-24(9-7-14)12-18-19(25)4-2-16-10-17(23(26)29-22(16)18)15-3-5-20-21(11-15)28-13-27-20/h2-5,10-11,14,25H,6-9,12-13H2,1H3. The van der Waals surface area contributed by atoms with Crippen molar-refractivity contribution in [1.82, 2.24) is 4.90 Å². The summed E-state index contributed by atoms with van der Waals surface area (Å²) >= 11 is 0. The molecule has 0 atom stereocenters. The molecule has 0 radical (unpaired) electrons. The maximum Gasteiger partial charge on any atom is 0.344 e. The lowest BCUT2D eigenvalue weighted by molar-refractivity contribution is 0.174. The minimum atomic E-state index is -0.435. The highest BCUT2D eigenvalue weighted by Gasteiger charge is 2.21. The van der Waals surface area contributed by atoms with Crippen LogP contribution in [-0.4, -0.2) is 29.9 Å².